The van der Waals surface area contributed by atoms with Crippen molar-refractivity contribution in [3.05, 3.63) is 59.0 Å². The number of carbonyl (C=O) groups excluding carboxylic acids is 1. The van der Waals surface area contributed by atoms with Crippen LogP contribution in [-0.4, -0.2) is 25.1 Å². The number of aryl methyl sites for hydroxylation is 1. The lowest BCUT2D eigenvalue weighted by Gasteiger charge is -2.10. The molecule has 3 aromatic rings. The number of ether oxygens (including phenoxy) is 2. The van der Waals surface area contributed by atoms with E-state index in [4.69, 9.17) is 13.9 Å². The fourth-order valence-corrected chi connectivity index (χ4v) is 2.96. The minimum absolute atomic E-state index is 0.135. The Balaban J connectivity index is 1.58. The zero-order chi connectivity index (χ0) is 19.2. The van der Waals surface area contributed by atoms with Gasteiger partial charge in [-0.3, -0.25) is 4.79 Å². The number of oxazole rings is 1. The smallest absolute Gasteiger partial charge is 0.224 e. The van der Waals surface area contributed by atoms with Crippen LogP contribution in [-0.2, 0) is 11.2 Å². The molecule has 0 aliphatic heterocycles. The predicted molar refractivity (Wildman–Crippen MR) is 106 cm³/mol. The molecule has 1 N–H and O–H groups in total. The van der Waals surface area contributed by atoms with Gasteiger partial charge in [0.15, 0.2) is 23.1 Å². The highest BCUT2D eigenvalue weighted by Gasteiger charge is 2.11. The average Bonchev–Trinajstić information content (AvgIpc) is 3.15. The van der Waals surface area contributed by atoms with Gasteiger partial charge < -0.3 is 19.2 Å². The van der Waals surface area contributed by atoms with Gasteiger partial charge in [-0.2, -0.15) is 0 Å². The number of nitrogens with one attached hydrogen (secondary N) is 1. The second-order valence-electron chi connectivity index (χ2n) is 5.75. The zero-order valence-electron chi connectivity index (χ0n) is 15.0. The summed E-state index contributed by atoms with van der Waals surface area (Å²) in [6.07, 6.45) is 2.34. The summed E-state index contributed by atoms with van der Waals surface area (Å²) >= 11 is 3.43. The summed E-state index contributed by atoms with van der Waals surface area (Å²) in [5.74, 6) is 2.22. The maximum atomic E-state index is 12.2. The number of amides is 1. The molecule has 0 aliphatic carbocycles. The molecule has 6 nitrogen and oxygen atoms in total. The lowest BCUT2D eigenvalue weighted by Crippen LogP contribution is -2.12. The number of rotatable bonds is 7. The molecule has 0 unspecified atom stereocenters. The van der Waals surface area contributed by atoms with Gasteiger partial charge in [-0.05, 0) is 24.3 Å². The fourth-order valence-electron chi connectivity index (χ4n) is 2.56. The van der Waals surface area contributed by atoms with Crippen molar-refractivity contribution in [1.29, 1.82) is 0 Å². The Bertz CT molecular complexity index is 939. The maximum absolute atomic E-state index is 12.2. The first-order valence-electron chi connectivity index (χ1n) is 8.31. The summed E-state index contributed by atoms with van der Waals surface area (Å²) in [4.78, 5) is 16.5. The van der Waals surface area contributed by atoms with Crippen LogP contribution >= 0.6 is 15.9 Å². The number of hydrogen-bond donors (Lipinski definition) is 1. The standard InChI is InChI=1S/C20H19BrN2O4/c1-25-16-7-6-15(11-17(16)26-2)23-19(24)8-9-20-22-12-18(27-20)13-4-3-5-14(21)10-13/h3-7,10-12H,8-9H2,1-2H3,(H,23,24). The largest absolute Gasteiger partial charge is 0.493 e. The molecule has 27 heavy (non-hydrogen) atoms. The third-order valence-electron chi connectivity index (χ3n) is 3.90. The van der Waals surface area contributed by atoms with E-state index < -0.39 is 0 Å². The number of aromatic nitrogens is 1. The highest BCUT2D eigenvalue weighted by Crippen LogP contribution is 2.30. The first kappa shape index (κ1) is 19.0. The van der Waals surface area contributed by atoms with Crippen molar-refractivity contribution in [2.75, 3.05) is 19.5 Å². The van der Waals surface area contributed by atoms with Crippen LogP contribution in [0.15, 0.2) is 57.6 Å². The van der Waals surface area contributed by atoms with Crippen molar-refractivity contribution in [3.63, 3.8) is 0 Å². The Morgan fingerprint density at radius 3 is 2.70 bits per heavy atom. The van der Waals surface area contributed by atoms with Gasteiger partial charge >= 0.3 is 0 Å². The van der Waals surface area contributed by atoms with E-state index in [9.17, 15) is 4.79 Å². The van der Waals surface area contributed by atoms with Crippen LogP contribution in [0.2, 0.25) is 0 Å². The summed E-state index contributed by atoms with van der Waals surface area (Å²) in [7, 11) is 3.11. The number of benzene rings is 2. The second-order valence-corrected chi connectivity index (χ2v) is 6.66. The van der Waals surface area contributed by atoms with E-state index in [1.807, 2.05) is 24.3 Å². The molecule has 140 valence electrons. The SMILES string of the molecule is COc1ccc(NC(=O)CCc2ncc(-c3cccc(Br)c3)o2)cc1OC. The Morgan fingerprint density at radius 1 is 1.15 bits per heavy atom. The molecule has 0 saturated carbocycles. The fraction of sp³-hybridized carbons (Fsp3) is 0.200. The quantitative estimate of drug-likeness (QED) is 0.588. The molecule has 0 atom stereocenters. The minimum Gasteiger partial charge on any atom is -0.493 e. The number of hydrogen-bond acceptors (Lipinski definition) is 5. The van der Waals surface area contributed by atoms with E-state index in [1.165, 1.54) is 0 Å². The van der Waals surface area contributed by atoms with Gasteiger partial charge in [0.05, 0.1) is 20.4 Å². The summed E-state index contributed by atoms with van der Waals surface area (Å²) in [6.45, 7) is 0. The van der Waals surface area contributed by atoms with Crippen LogP contribution in [0.1, 0.15) is 12.3 Å². The number of halogens is 1. The molecule has 1 amide bonds. The second kappa shape index (κ2) is 8.73. The molecule has 0 aliphatic rings. The van der Waals surface area contributed by atoms with E-state index in [1.54, 1.807) is 38.6 Å². The van der Waals surface area contributed by atoms with Crippen LogP contribution in [0.25, 0.3) is 11.3 Å². The van der Waals surface area contributed by atoms with Gasteiger partial charge in [0.2, 0.25) is 5.91 Å². The molecule has 3 rings (SSSR count). The lowest BCUT2D eigenvalue weighted by atomic mass is 10.2. The zero-order valence-corrected chi connectivity index (χ0v) is 16.6. The molecule has 1 heterocycles. The molecule has 0 bridgehead atoms. The molecular formula is C20H19BrN2O4. The Labute approximate surface area is 165 Å². The molecular weight excluding hydrogens is 412 g/mol. The summed E-state index contributed by atoms with van der Waals surface area (Å²) in [5.41, 5.74) is 1.57. The number of nitrogens with zero attached hydrogens (tertiary/aromatic N) is 1. The first-order chi connectivity index (χ1) is 13.1. The highest BCUT2D eigenvalue weighted by molar-refractivity contribution is 9.10. The van der Waals surface area contributed by atoms with Crippen molar-refractivity contribution in [3.8, 4) is 22.8 Å². The monoisotopic (exact) mass is 430 g/mol. The van der Waals surface area contributed by atoms with Gasteiger partial charge in [0, 0.05) is 34.6 Å². The van der Waals surface area contributed by atoms with Crippen LogP contribution in [0, 0.1) is 0 Å². The van der Waals surface area contributed by atoms with Crippen LogP contribution in [0.5, 0.6) is 11.5 Å². The molecule has 0 spiro atoms. The highest BCUT2D eigenvalue weighted by atomic mass is 79.9. The third-order valence-corrected chi connectivity index (χ3v) is 4.39. The van der Waals surface area contributed by atoms with Gasteiger partial charge in [-0.15, -0.1) is 0 Å². The van der Waals surface area contributed by atoms with Crippen molar-refractivity contribution in [2.24, 2.45) is 0 Å². The van der Waals surface area contributed by atoms with Crippen molar-refractivity contribution in [2.45, 2.75) is 12.8 Å². The predicted octanol–water partition coefficient (Wildman–Crippen LogP) is 4.69. The van der Waals surface area contributed by atoms with Crippen LogP contribution in [0.4, 0.5) is 5.69 Å². The average molecular weight is 431 g/mol. The van der Waals surface area contributed by atoms with Crippen molar-refractivity contribution < 1.29 is 18.7 Å². The minimum atomic E-state index is -0.135. The summed E-state index contributed by atoms with van der Waals surface area (Å²) in [5, 5.41) is 2.83. The van der Waals surface area contributed by atoms with Crippen LogP contribution < -0.4 is 14.8 Å². The molecule has 0 saturated heterocycles. The Kier molecular flexibility index (Phi) is 6.13. The molecule has 0 fully saturated rings. The van der Waals surface area contributed by atoms with Crippen molar-refractivity contribution >= 4 is 27.5 Å². The van der Waals surface area contributed by atoms with E-state index >= 15 is 0 Å². The number of anilines is 1. The first-order valence-corrected chi connectivity index (χ1v) is 9.11. The molecule has 0 radical (unpaired) electrons. The van der Waals surface area contributed by atoms with Gasteiger partial charge in [0.25, 0.3) is 0 Å². The van der Waals surface area contributed by atoms with Crippen molar-refractivity contribution in [1.82, 2.24) is 4.98 Å². The van der Waals surface area contributed by atoms with E-state index in [0.717, 1.165) is 10.0 Å². The van der Waals surface area contributed by atoms with E-state index in [2.05, 4.69) is 26.2 Å². The van der Waals surface area contributed by atoms with Gasteiger partial charge in [-0.25, -0.2) is 4.98 Å². The van der Waals surface area contributed by atoms with Gasteiger partial charge in [0.1, 0.15) is 0 Å². The molecule has 2 aromatic carbocycles. The number of methoxy groups -OCH3 is 2. The maximum Gasteiger partial charge on any atom is 0.224 e. The lowest BCUT2D eigenvalue weighted by molar-refractivity contribution is -0.116. The van der Waals surface area contributed by atoms with Crippen LogP contribution in [0.3, 0.4) is 0 Å². The summed E-state index contributed by atoms with van der Waals surface area (Å²) in [6, 6.07) is 13.0. The van der Waals surface area contributed by atoms with Gasteiger partial charge in [-0.1, -0.05) is 28.1 Å². The number of carbonyl (C=O) groups is 1. The normalized spacial score (nSPS) is 10.5. The van der Waals surface area contributed by atoms with E-state index in [-0.39, 0.29) is 12.3 Å². The summed E-state index contributed by atoms with van der Waals surface area (Å²) < 4.78 is 17.1. The van der Waals surface area contributed by atoms with E-state index in [0.29, 0.717) is 35.3 Å². The Hall–Kier alpha value is -2.80. The third kappa shape index (κ3) is 4.89. The molecule has 1 aromatic heterocycles. The molecule has 7 heteroatoms. The topological polar surface area (TPSA) is 73.6 Å². The Morgan fingerprint density at radius 2 is 1.96 bits per heavy atom.